The van der Waals surface area contributed by atoms with E-state index in [-0.39, 0.29) is 22.0 Å². The zero-order valence-electron chi connectivity index (χ0n) is 10.9. The number of halogens is 1. The van der Waals surface area contributed by atoms with Crippen molar-refractivity contribution in [3.63, 3.8) is 0 Å². The number of ether oxygens (including phenoxy) is 1. The molecule has 2 rings (SSSR count). The van der Waals surface area contributed by atoms with E-state index in [0.29, 0.717) is 5.75 Å². The summed E-state index contributed by atoms with van der Waals surface area (Å²) in [6.45, 7) is 0. The summed E-state index contributed by atoms with van der Waals surface area (Å²) in [5.41, 5.74) is 0.174. The van der Waals surface area contributed by atoms with E-state index in [9.17, 15) is 14.9 Å². The van der Waals surface area contributed by atoms with Crippen LogP contribution in [-0.2, 0) is 0 Å². The Morgan fingerprint density at radius 3 is 2.81 bits per heavy atom. The van der Waals surface area contributed by atoms with Gasteiger partial charge in [-0.05, 0) is 12.1 Å². The van der Waals surface area contributed by atoms with Crippen molar-refractivity contribution in [2.75, 3.05) is 12.4 Å². The second-order valence-electron chi connectivity index (χ2n) is 3.95. The molecule has 8 heteroatoms. The smallest absolute Gasteiger partial charge is 0.271 e. The number of rotatable bonds is 4. The Kier molecular flexibility index (Phi) is 4.34. The lowest BCUT2D eigenvalue weighted by atomic mass is 10.2. The average molecular weight is 308 g/mol. The van der Waals surface area contributed by atoms with Crippen LogP contribution in [0.4, 0.5) is 11.4 Å². The molecule has 1 heterocycles. The summed E-state index contributed by atoms with van der Waals surface area (Å²) in [7, 11) is 1.40. The minimum Gasteiger partial charge on any atom is -0.495 e. The molecule has 0 aliphatic rings. The number of nitro benzene ring substituents is 1. The highest BCUT2D eigenvalue weighted by Gasteiger charge is 2.16. The highest BCUT2D eigenvalue weighted by Crippen LogP contribution is 2.29. The van der Waals surface area contributed by atoms with Gasteiger partial charge in [0.2, 0.25) is 0 Å². The Morgan fingerprint density at radius 2 is 2.19 bits per heavy atom. The predicted octanol–water partition coefficient (Wildman–Crippen LogP) is 2.90. The van der Waals surface area contributed by atoms with Gasteiger partial charge in [0.15, 0.2) is 0 Å². The highest BCUT2D eigenvalue weighted by atomic mass is 35.5. The number of amides is 1. The van der Waals surface area contributed by atoms with Gasteiger partial charge in [-0.3, -0.25) is 19.9 Å². The van der Waals surface area contributed by atoms with Crippen LogP contribution < -0.4 is 10.1 Å². The Labute approximate surface area is 124 Å². The molecule has 0 aliphatic carbocycles. The molecule has 108 valence electrons. The monoisotopic (exact) mass is 307 g/mol. The molecule has 0 spiro atoms. The summed E-state index contributed by atoms with van der Waals surface area (Å²) in [6, 6.07) is 5.37. The zero-order valence-corrected chi connectivity index (χ0v) is 11.6. The Hall–Kier alpha value is -2.67. The van der Waals surface area contributed by atoms with E-state index in [1.807, 2.05) is 0 Å². The summed E-state index contributed by atoms with van der Waals surface area (Å²) in [6.07, 6.45) is 2.76. The van der Waals surface area contributed by atoms with Crippen molar-refractivity contribution in [1.29, 1.82) is 0 Å². The van der Waals surface area contributed by atoms with Crippen LogP contribution in [-0.4, -0.2) is 22.9 Å². The number of aromatic nitrogens is 1. The van der Waals surface area contributed by atoms with Gasteiger partial charge in [0.1, 0.15) is 5.75 Å². The molecule has 1 aromatic carbocycles. The molecule has 0 radical (unpaired) electrons. The van der Waals surface area contributed by atoms with Gasteiger partial charge in [-0.1, -0.05) is 11.6 Å². The van der Waals surface area contributed by atoms with Crippen LogP contribution in [0.3, 0.4) is 0 Å². The first kappa shape index (κ1) is 14.7. The number of nitrogens with zero attached hydrogens (tertiary/aromatic N) is 2. The Morgan fingerprint density at radius 1 is 1.43 bits per heavy atom. The van der Waals surface area contributed by atoms with E-state index in [2.05, 4.69) is 10.3 Å². The zero-order chi connectivity index (χ0) is 15.4. The van der Waals surface area contributed by atoms with Gasteiger partial charge in [-0.25, -0.2) is 0 Å². The summed E-state index contributed by atoms with van der Waals surface area (Å²) in [4.78, 5) is 26.2. The number of nitrogens with one attached hydrogen (secondary N) is 1. The van der Waals surface area contributed by atoms with E-state index in [0.717, 1.165) is 0 Å². The molecule has 1 amide bonds. The third-order valence-electron chi connectivity index (χ3n) is 2.65. The average Bonchev–Trinajstić information content (AvgIpc) is 2.47. The van der Waals surface area contributed by atoms with Gasteiger partial charge < -0.3 is 10.1 Å². The fraction of sp³-hybridized carbons (Fsp3) is 0.0769. The van der Waals surface area contributed by atoms with Gasteiger partial charge >= 0.3 is 0 Å². The second kappa shape index (κ2) is 6.19. The maximum absolute atomic E-state index is 12.1. The molecule has 0 fully saturated rings. The molecule has 0 saturated carbocycles. The first-order valence-electron chi connectivity index (χ1n) is 5.76. The predicted molar refractivity (Wildman–Crippen MR) is 76.8 cm³/mol. The second-order valence-corrected chi connectivity index (χ2v) is 4.36. The summed E-state index contributed by atoms with van der Waals surface area (Å²) in [5.74, 6) is -0.235. The number of hydrogen-bond acceptors (Lipinski definition) is 5. The number of methoxy groups -OCH3 is 1. The highest BCUT2D eigenvalue weighted by molar-refractivity contribution is 6.34. The molecule has 2 aromatic rings. The van der Waals surface area contributed by atoms with E-state index in [1.54, 1.807) is 0 Å². The number of hydrogen-bond donors (Lipinski definition) is 1. The third-order valence-corrected chi connectivity index (χ3v) is 2.98. The fourth-order valence-electron chi connectivity index (χ4n) is 1.64. The minimum atomic E-state index is -0.563. The first-order valence-corrected chi connectivity index (χ1v) is 6.14. The van der Waals surface area contributed by atoms with Crippen LogP contribution in [0.15, 0.2) is 36.7 Å². The van der Waals surface area contributed by atoms with Crippen LogP contribution in [0.25, 0.3) is 0 Å². The molecular weight excluding hydrogens is 298 g/mol. The number of anilines is 1. The SMILES string of the molecule is COc1ccc([N+](=O)[O-])cc1NC(=O)c1cnccc1Cl. The summed E-state index contributed by atoms with van der Waals surface area (Å²) >= 11 is 5.90. The van der Waals surface area contributed by atoms with Crippen molar-refractivity contribution in [1.82, 2.24) is 4.98 Å². The number of nitro groups is 1. The molecule has 0 bridgehead atoms. The van der Waals surface area contributed by atoms with Crippen molar-refractivity contribution in [3.8, 4) is 5.75 Å². The lowest BCUT2D eigenvalue weighted by Crippen LogP contribution is -2.13. The minimum absolute atomic E-state index is 0.160. The van der Waals surface area contributed by atoms with Crippen LogP contribution in [0, 0.1) is 10.1 Å². The van der Waals surface area contributed by atoms with E-state index >= 15 is 0 Å². The molecule has 0 aliphatic heterocycles. The van der Waals surface area contributed by atoms with Crippen molar-refractivity contribution in [2.24, 2.45) is 0 Å². The van der Waals surface area contributed by atoms with Crippen LogP contribution in [0.2, 0.25) is 5.02 Å². The van der Waals surface area contributed by atoms with Crippen molar-refractivity contribution in [3.05, 3.63) is 57.4 Å². The number of benzene rings is 1. The maximum Gasteiger partial charge on any atom is 0.271 e. The van der Waals surface area contributed by atoms with Crippen LogP contribution in [0.1, 0.15) is 10.4 Å². The standard InChI is InChI=1S/C13H10ClN3O4/c1-21-12-3-2-8(17(19)20)6-11(12)16-13(18)9-7-15-5-4-10(9)14/h2-7H,1H3,(H,16,18). The molecule has 21 heavy (non-hydrogen) atoms. The number of pyridine rings is 1. The number of carbonyl (C=O) groups excluding carboxylic acids is 1. The van der Waals surface area contributed by atoms with Crippen molar-refractivity contribution >= 4 is 28.9 Å². The maximum atomic E-state index is 12.1. The van der Waals surface area contributed by atoms with Gasteiger partial charge in [-0.2, -0.15) is 0 Å². The normalized spacial score (nSPS) is 10.0. The van der Waals surface area contributed by atoms with Gasteiger partial charge in [0.25, 0.3) is 11.6 Å². The van der Waals surface area contributed by atoms with E-state index in [4.69, 9.17) is 16.3 Å². The number of non-ortho nitro benzene ring substituents is 1. The summed E-state index contributed by atoms with van der Waals surface area (Å²) < 4.78 is 5.06. The molecular formula is C13H10ClN3O4. The molecule has 0 saturated heterocycles. The Balaban J connectivity index is 2.34. The summed E-state index contributed by atoms with van der Waals surface area (Å²) in [5, 5.41) is 13.5. The molecule has 7 nitrogen and oxygen atoms in total. The fourth-order valence-corrected chi connectivity index (χ4v) is 1.83. The topological polar surface area (TPSA) is 94.4 Å². The third kappa shape index (κ3) is 3.26. The quantitative estimate of drug-likeness (QED) is 0.692. The molecule has 1 aromatic heterocycles. The van der Waals surface area contributed by atoms with Crippen molar-refractivity contribution < 1.29 is 14.5 Å². The van der Waals surface area contributed by atoms with E-state index < -0.39 is 10.8 Å². The number of carbonyl (C=O) groups is 1. The van der Waals surface area contributed by atoms with Crippen LogP contribution in [0.5, 0.6) is 5.75 Å². The lowest BCUT2D eigenvalue weighted by Gasteiger charge is -2.10. The molecule has 0 atom stereocenters. The lowest BCUT2D eigenvalue weighted by molar-refractivity contribution is -0.384. The largest absolute Gasteiger partial charge is 0.495 e. The van der Waals surface area contributed by atoms with Gasteiger partial charge in [0.05, 0.1) is 28.3 Å². The Bertz CT molecular complexity index is 706. The first-order chi connectivity index (χ1) is 10.0. The van der Waals surface area contributed by atoms with Crippen LogP contribution >= 0.6 is 11.6 Å². The van der Waals surface area contributed by atoms with Gasteiger partial charge in [-0.15, -0.1) is 0 Å². The van der Waals surface area contributed by atoms with E-state index in [1.165, 1.54) is 43.8 Å². The molecule has 1 N–H and O–H groups in total. The molecule has 0 unspecified atom stereocenters. The van der Waals surface area contributed by atoms with Crippen molar-refractivity contribution in [2.45, 2.75) is 0 Å². The van der Waals surface area contributed by atoms with Gasteiger partial charge in [0, 0.05) is 24.5 Å².